The topological polar surface area (TPSA) is 59.2 Å². The normalized spacial score (nSPS) is 17.2. The van der Waals surface area contributed by atoms with Crippen LogP contribution >= 0.6 is 60.2 Å². The van der Waals surface area contributed by atoms with Crippen molar-refractivity contribution in [1.29, 1.82) is 0 Å². The van der Waals surface area contributed by atoms with Crippen LogP contribution in [0.5, 0.6) is 0 Å². The van der Waals surface area contributed by atoms with E-state index in [9.17, 15) is 4.79 Å². The largest absolute Gasteiger partial charge is 0.359 e. The number of aromatic nitrogens is 4. The lowest BCUT2D eigenvalue weighted by molar-refractivity contribution is 0.0625. The first-order chi connectivity index (χ1) is 22.4. The van der Waals surface area contributed by atoms with Crippen molar-refractivity contribution in [2.75, 3.05) is 13.1 Å². The summed E-state index contributed by atoms with van der Waals surface area (Å²) in [6.45, 7) is 31.3. The van der Waals surface area contributed by atoms with Crippen molar-refractivity contribution in [2.45, 2.75) is 159 Å². The molecule has 0 N–H and O–H groups in total. The minimum atomic E-state index is -0.0553. The Kier molecular flexibility index (Phi) is 23.2. The van der Waals surface area contributed by atoms with Crippen LogP contribution in [0.3, 0.4) is 0 Å². The molecule has 50 heavy (non-hydrogen) atoms. The van der Waals surface area contributed by atoms with Crippen LogP contribution in [0, 0.1) is 24.7 Å². The summed E-state index contributed by atoms with van der Waals surface area (Å²) in [7, 11) is 15.9. The minimum Gasteiger partial charge on any atom is -0.359 e. The Morgan fingerprint density at radius 1 is 0.740 bits per heavy atom. The predicted octanol–water partition coefficient (Wildman–Crippen LogP) is 9.96. The zero-order chi connectivity index (χ0) is 37.3. The summed E-state index contributed by atoms with van der Waals surface area (Å²) in [5.41, 5.74) is 6.09. The number of rotatable bonds is 8. The molecule has 0 aromatic carbocycles. The summed E-state index contributed by atoms with van der Waals surface area (Å²) in [6, 6.07) is 0.634. The number of aryl methyl sites for hydroxylation is 2. The number of carbonyl (C=O) groups excluding carboxylic acids is 1. The van der Waals surface area contributed by atoms with Gasteiger partial charge >= 0.3 is 0 Å². The highest BCUT2D eigenvalue weighted by Gasteiger charge is 2.41. The highest BCUT2D eigenvalue weighted by atomic mass is 127. The molecule has 0 bridgehead atoms. The molecule has 4 heterocycles. The van der Waals surface area contributed by atoms with Crippen LogP contribution in [0.4, 0.5) is 0 Å². The van der Waals surface area contributed by atoms with Crippen LogP contribution < -0.4 is 0 Å². The van der Waals surface area contributed by atoms with Crippen LogP contribution in [-0.2, 0) is 14.1 Å². The maximum atomic E-state index is 13.2. The SMILES string of the molecule is CC.CC.I.I.[B]CC(C)(C)C1CCCN1C(=O)c1c(C(C)C)nn(C)c1C.[B]CC(C)(C)C1CCCN1C(=S)c1c(C(C)C)nn(C)c1C. The number of hydrogen-bond donors (Lipinski definition) is 0. The van der Waals surface area contributed by atoms with Crippen molar-refractivity contribution in [1.82, 2.24) is 29.4 Å². The van der Waals surface area contributed by atoms with E-state index < -0.39 is 0 Å². The highest BCUT2D eigenvalue weighted by Crippen LogP contribution is 2.39. The van der Waals surface area contributed by atoms with Gasteiger partial charge in [0.05, 0.1) is 38.2 Å². The van der Waals surface area contributed by atoms with Crippen LogP contribution in [0.25, 0.3) is 0 Å². The molecular weight excluding hydrogens is 864 g/mol. The van der Waals surface area contributed by atoms with E-state index in [1.54, 1.807) is 0 Å². The van der Waals surface area contributed by atoms with Crippen molar-refractivity contribution >= 4 is 86.8 Å². The number of hydrogen-bond acceptors (Lipinski definition) is 4. The molecule has 2 atom stereocenters. The quantitative estimate of drug-likeness (QED) is 0.150. The van der Waals surface area contributed by atoms with Gasteiger partial charge in [0.2, 0.25) is 0 Å². The van der Waals surface area contributed by atoms with Crippen molar-refractivity contribution < 1.29 is 4.79 Å². The molecular formula is C38H70B2I2N6OS. The third-order valence-electron chi connectivity index (χ3n) is 10.1. The van der Waals surface area contributed by atoms with Crippen molar-refractivity contribution in [3.05, 3.63) is 33.9 Å². The van der Waals surface area contributed by atoms with E-state index in [1.165, 1.54) is 12.8 Å². The molecule has 4 radical (unpaired) electrons. The Morgan fingerprint density at radius 3 is 1.46 bits per heavy atom. The predicted molar refractivity (Wildman–Crippen MR) is 242 cm³/mol. The van der Waals surface area contributed by atoms with Gasteiger partial charge in [0.1, 0.15) is 4.99 Å². The third-order valence-corrected chi connectivity index (χ3v) is 10.6. The summed E-state index contributed by atoms with van der Waals surface area (Å²) in [6.07, 6.45) is 5.71. The maximum Gasteiger partial charge on any atom is 0.257 e. The monoisotopic (exact) mass is 934 g/mol. The molecule has 12 heteroatoms. The number of amides is 1. The van der Waals surface area contributed by atoms with Gasteiger partial charge in [-0.2, -0.15) is 10.2 Å². The van der Waals surface area contributed by atoms with E-state index in [2.05, 4.69) is 77.4 Å². The van der Waals surface area contributed by atoms with Gasteiger partial charge in [0.15, 0.2) is 0 Å². The molecule has 0 saturated carbocycles. The standard InChI is InChI=1S/C17H28BN3O.C17H28BN3S.2C2H6.2HI/c2*1-11(2)15-14(12(3)20(6)19-15)16(22)21-9-7-8-13(21)17(4,5)10-18;2*1-2;;/h2*11,13H,7-10H2,1-6H3;2*1-2H3;2*1H. The Hall–Kier alpha value is -0.630. The fourth-order valence-corrected chi connectivity index (χ4v) is 7.28. The zero-order valence-electron chi connectivity index (χ0n) is 34.4. The second-order valence-corrected chi connectivity index (χ2v) is 15.3. The smallest absolute Gasteiger partial charge is 0.257 e. The van der Waals surface area contributed by atoms with Crippen molar-refractivity contribution in [3.63, 3.8) is 0 Å². The molecule has 1 amide bonds. The summed E-state index contributed by atoms with van der Waals surface area (Å²) in [5.74, 6) is 0.733. The first-order valence-corrected chi connectivity index (χ1v) is 18.9. The summed E-state index contributed by atoms with van der Waals surface area (Å²) in [4.78, 5) is 18.6. The van der Waals surface area contributed by atoms with Gasteiger partial charge < -0.3 is 9.80 Å². The Balaban J connectivity index is 0. The summed E-state index contributed by atoms with van der Waals surface area (Å²) in [5, 5.41) is 9.24. The average Bonchev–Trinajstić information content (AvgIpc) is 3.86. The third kappa shape index (κ3) is 11.7. The highest BCUT2D eigenvalue weighted by molar-refractivity contribution is 14.0. The molecule has 284 valence electrons. The van der Waals surface area contributed by atoms with Gasteiger partial charge in [-0.15, -0.1) is 48.0 Å². The molecule has 2 aliphatic rings. The molecule has 2 aromatic heterocycles. The second-order valence-electron chi connectivity index (χ2n) is 14.9. The maximum absolute atomic E-state index is 13.2. The fourth-order valence-electron chi connectivity index (χ4n) is 6.81. The van der Waals surface area contributed by atoms with E-state index in [1.807, 2.05) is 63.0 Å². The van der Waals surface area contributed by atoms with E-state index in [0.29, 0.717) is 24.6 Å². The molecule has 2 fully saturated rings. The van der Waals surface area contributed by atoms with E-state index in [0.717, 1.165) is 64.8 Å². The lowest BCUT2D eigenvalue weighted by Gasteiger charge is -2.39. The Bertz CT molecular complexity index is 1240. The first kappa shape index (κ1) is 51.5. The molecule has 4 rings (SSSR count). The molecule has 0 aliphatic carbocycles. The fraction of sp³-hybridized carbons (Fsp3) is 0.789. The molecule has 0 spiro atoms. The second kappa shape index (κ2) is 22.6. The van der Waals surface area contributed by atoms with Gasteiger partial charge in [-0.05, 0) is 62.2 Å². The van der Waals surface area contributed by atoms with Gasteiger partial charge in [0.25, 0.3) is 5.91 Å². The van der Waals surface area contributed by atoms with Crippen LogP contribution in [0.15, 0.2) is 0 Å². The van der Waals surface area contributed by atoms with Gasteiger partial charge in [-0.25, -0.2) is 0 Å². The average molecular weight is 935 g/mol. The van der Waals surface area contributed by atoms with Crippen LogP contribution in [0.1, 0.15) is 159 Å². The van der Waals surface area contributed by atoms with Crippen molar-refractivity contribution in [3.8, 4) is 0 Å². The number of nitrogens with zero attached hydrogens (tertiary/aromatic N) is 6. The van der Waals surface area contributed by atoms with Crippen molar-refractivity contribution in [2.24, 2.45) is 24.9 Å². The van der Waals surface area contributed by atoms with Crippen LogP contribution in [0.2, 0.25) is 12.6 Å². The van der Waals surface area contributed by atoms with E-state index in [4.69, 9.17) is 27.9 Å². The molecule has 7 nitrogen and oxygen atoms in total. The number of carbonyl (C=O) groups is 1. The number of thiocarbonyl (C=S) groups is 1. The van der Waals surface area contributed by atoms with Crippen LogP contribution in [-0.4, -0.2) is 81.1 Å². The van der Waals surface area contributed by atoms with Gasteiger partial charge in [-0.1, -0.05) is 108 Å². The lowest BCUT2D eigenvalue weighted by Crippen LogP contribution is -2.44. The lowest BCUT2D eigenvalue weighted by atomic mass is 9.73. The zero-order valence-corrected chi connectivity index (χ0v) is 39.9. The minimum absolute atomic E-state index is 0. The van der Waals surface area contributed by atoms with E-state index >= 15 is 0 Å². The molecule has 2 saturated heterocycles. The number of halogens is 2. The molecule has 2 aromatic rings. The first-order valence-electron chi connectivity index (χ1n) is 18.5. The van der Waals surface area contributed by atoms with E-state index in [-0.39, 0.29) is 76.7 Å². The Morgan fingerprint density at radius 2 is 1.08 bits per heavy atom. The summed E-state index contributed by atoms with van der Waals surface area (Å²) >= 11 is 5.91. The van der Waals surface area contributed by atoms with Gasteiger partial charge in [-0.3, -0.25) is 14.2 Å². The number of likely N-dealkylation sites (tertiary alicyclic amines) is 2. The molecule has 2 unspecified atom stereocenters. The Labute approximate surface area is 349 Å². The molecule has 2 aliphatic heterocycles. The summed E-state index contributed by atoms with van der Waals surface area (Å²) < 4.78 is 3.78. The van der Waals surface area contributed by atoms with Gasteiger partial charge in [0, 0.05) is 50.7 Å².